The number of hydrogen-bond donors (Lipinski definition) is 3. The average Bonchev–Trinajstić information content (AvgIpc) is 3.11. The minimum absolute atomic E-state index is 0.106. The van der Waals surface area contributed by atoms with E-state index < -0.39 is 0 Å². The Morgan fingerprint density at radius 3 is 2.83 bits per heavy atom. The summed E-state index contributed by atoms with van der Waals surface area (Å²) in [7, 11) is 0. The lowest BCUT2D eigenvalue weighted by Crippen LogP contribution is -2.45. The summed E-state index contributed by atoms with van der Waals surface area (Å²) in [6.45, 7) is 1.82. The van der Waals surface area contributed by atoms with Crippen LogP contribution in [0.5, 0.6) is 0 Å². The van der Waals surface area contributed by atoms with Crippen LogP contribution in [0, 0.1) is 0 Å². The molecule has 1 aliphatic rings. The van der Waals surface area contributed by atoms with Gasteiger partial charge in [0.25, 0.3) is 11.8 Å². The first-order valence-corrected chi connectivity index (χ1v) is 8.57. The third kappa shape index (κ3) is 4.18. The molecule has 3 N–H and O–H groups in total. The molecular formula is C17H19N3O2S. The molecule has 2 aromatic rings. The van der Waals surface area contributed by atoms with Crippen molar-refractivity contribution in [1.29, 1.82) is 0 Å². The average molecular weight is 329 g/mol. The van der Waals surface area contributed by atoms with Crippen molar-refractivity contribution in [3.63, 3.8) is 0 Å². The number of nitrogens with one attached hydrogen (secondary N) is 3. The normalized spacial score (nSPS) is 17.5. The number of benzene rings is 1. The highest BCUT2D eigenvalue weighted by Gasteiger charge is 2.16. The number of rotatable bonds is 4. The lowest BCUT2D eigenvalue weighted by molar-refractivity contribution is 0.0929. The molecule has 1 saturated heterocycles. The van der Waals surface area contributed by atoms with Gasteiger partial charge in [-0.2, -0.15) is 0 Å². The van der Waals surface area contributed by atoms with Crippen molar-refractivity contribution in [3.8, 4) is 0 Å². The maximum absolute atomic E-state index is 12.3. The van der Waals surface area contributed by atoms with Gasteiger partial charge in [0.2, 0.25) is 0 Å². The van der Waals surface area contributed by atoms with Crippen molar-refractivity contribution < 1.29 is 9.59 Å². The van der Waals surface area contributed by atoms with Gasteiger partial charge in [-0.25, -0.2) is 0 Å². The van der Waals surface area contributed by atoms with E-state index in [1.165, 1.54) is 11.3 Å². The Bertz CT molecular complexity index is 679. The molecule has 1 aromatic heterocycles. The molecule has 1 fully saturated rings. The third-order valence-corrected chi connectivity index (χ3v) is 4.63. The highest BCUT2D eigenvalue weighted by atomic mass is 32.1. The van der Waals surface area contributed by atoms with Crippen molar-refractivity contribution in [2.45, 2.75) is 18.9 Å². The van der Waals surface area contributed by atoms with Gasteiger partial charge in [-0.05, 0) is 49.0 Å². The predicted molar refractivity (Wildman–Crippen MR) is 92.1 cm³/mol. The fourth-order valence-electron chi connectivity index (χ4n) is 2.58. The van der Waals surface area contributed by atoms with Gasteiger partial charge in [0.1, 0.15) is 0 Å². The molecule has 0 bridgehead atoms. The molecule has 0 saturated carbocycles. The molecule has 6 heteroatoms. The predicted octanol–water partition coefficient (Wildman–Crippen LogP) is 2.48. The fraction of sp³-hybridized carbons (Fsp3) is 0.294. The van der Waals surface area contributed by atoms with Gasteiger partial charge in [0.05, 0.1) is 4.88 Å². The van der Waals surface area contributed by atoms with E-state index in [4.69, 9.17) is 0 Å². The molecule has 0 spiro atoms. The van der Waals surface area contributed by atoms with Crippen LogP contribution in [0.2, 0.25) is 0 Å². The van der Waals surface area contributed by atoms with Gasteiger partial charge in [-0.3, -0.25) is 9.59 Å². The highest BCUT2D eigenvalue weighted by molar-refractivity contribution is 7.12. The maximum Gasteiger partial charge on any atom is 0.265 e. The smallest absolute Gasteiger partial charge is 0.265 e. The summed E-state index contributed by atoms with van der Waals surface area (Å²) in [5.74, 6) is -0.264. The quantitative estimate of drug-likeness (QED) is 0.807. The standard InChI is InChI=1S/C17H19N3O2S/c21-16(20-14-6-2-8-18-11-14)12-4-1-5-13(10-12)19-17(22)15-7-3-9-23-15/h1,3-5,7,9-10,14,18H,2,6,8,11H2,(H,19,22)(H,20,21). The van der Waals surface area contributed by atoms with E-state index in [2.05, 4.69) is 16.0 Å². The second kappa shape index (κ2) is 7.39. The lowest BCUT2D eigenvalue weighted by Gasteiger charge is -2.23. The van der Waals surface area contributed by atoms with Crippen molar-refractivity contribution in [2.24, 2.45) is 0 Å². The molecule has 1 atom stereocenters. The topological polar surface area (TPSA) is 70.2 Å². The van der Waals surface area contributed by atoms with Crippen LogP contribution >= 0.6 is 11.3 Å². The van der Waals surface area contributed by atoms with Crippen molar-refractivity contribution in [3.05, 3.63) is 52.2 Å². The molecule has 23 heavy (non-hydrogen) atoms. The summed E-state index contributed by atoms with van der Waals surface area (Å²) in [5.41, 5.74) is 1.18. The number of anilines is 1. The van der Waals surface area contributed by atoms with E-state index in [0.717, 1.165) is 25.9 Å². The van der Waals surface area contributed by atoms with Crippen LogP contribution < -0.4 is 16.0 Å². The zero-order chi connectivity index (χ0) is 16.1. The Morgan fingerprint density at radius 1 is 1.17 bits per heavy atom. The second-order valence-electron chi connectivity index (χ2n) is 5.53. The van der Waals surface area contributed by atoms with E-state index in [9.17, 15) is 9.59 Å². The van der Waals surface area contributed by atoms with Gasteiger partial charge in [-0.15, -0.1) is 11.3 Å². The molecule has 5 nitrogen and oxygen atoms in total. The van der Waals surface area contributed by atoms with Gasteiger partial charge in [0, 0.05) is 23.8 Å². The Kier molecular flexibility index (Phi) is 5.05. The highest BCUT2D eigenvalue weighted by Crippen LogP contribution is 2.15. The van der Waals surface area contributed by atoms with Crippen LogP contribution in [0.1, 0.15) is 32.9 Å². The molecule has 2 heterocycles. The van der Waals surface area contributed by atoms with Gasteiger partial charge >= 0.3 is 0 Å². The van der Waals surface area contributed by atoms with E-state index in [-0.39, 0.29) is 17.9 Å². The SMILES string of the molecule is O=C(NC1CCCNC1)c1cccc(NC(=O)c2cccs2)c1. The van der Waals surface area contributed by atoms with Gasteiger partial charge in [-0.1, -0.05) is 12.1 Å². The maximum atomic E-state index is 12.3. The first-order valence-electron chi connectivity index (χ1n) is 7.69. The number of hydrogen-bond acceptors (Lipinski definition) is 4. The van der Waals surface area contributed by atoms with Gasteiger partial charge in [0.15, 0.2) is 0 Å². The van der Waals surface area contributed by atoms with E-state index in [1.54, 1.807) is 30.3 Å². The molecule has 1 aromatic carbocycles. The first-order chi connectivity index (χ1) is 11.2. The van der Waals surface area contributed by atoms with Gasteiger partial charge < -0.3 is 16.0 Å². The summed E-state index contributed by atoms with van der Waals surface area (Å²) in [4.78, 5) is 25.0. The molecule has 0 radical (unpaired) electrons. The summed E-state index contributed by atoms with van der Waals surface area (Å²) < 4.78 is 0. The van der Waals surface area contributed by atoms with Crippen LogP contribution in [0.3, 0.4) is 0 Å². The number of amides is 2. The fourth-order valence-corrected chi connectivity index (χ4v) is 3.20. The third-order valence-electron chi connectivity index (χ3n) is 3.76. The van der Waals surface area contributed by atoms with Crippen molar-refractivity contribution >= 4 is 28.8 Å². The van der Waals surface area contributed by atoms with E-state index in [1.807, 2.05) is 11.4 Å². The molecule has 3 rings (SSSR count). The Morgan fingerprint density at radius 2 is 2.09 bits per heavy atom. The largest absolute Gasteiger partial charge is 0.348 e. The Hall–Kier alpha value is -2.18. The Balaban J connectivity index is 1.64. The lowest BCUT2D eigenvalue weighted by atomic mass is 10.1. The molecule has 0 aliphatic carbocycles. The van der Waals surface area contributed by atoms with Crippen molar-refractivity contribution in [2.75, 3.05) is 18.4 Å². The minimum Gasteiger partial charge on any atom is -0.348 e. The Labute approximate surface area is 139 Å². The summed E-state index contributed by atoms with van der Waals surface area (Å²) in [6.07, 6.45) is 2.06. The molecule has 120 valence electrons. The second-order valence-corrected chi connectivity index (χ2v) is 6.48. The van der Waals surface area contributed by atoms with Crippen LogP contribution in [0.4, 0.5) is 5.69 Å². The molecule has 2 amide bonds. The van der Waals surface area contributed by atoms with E-state index in [0.29, 0.717) is 16.1 Å². The van der Waals surface area contributed by atoms with Crippen LogP contribution in [0.15, 0.2) is 41.8 Å². The van der Waals surface area contributed by atoms with Crippen LogP contribution in [-0.2, 0) is 0 Å². The molecule has 1 aliphatic heterocycles. The monoisotopic (exact) mass is 329 g/mol. The van der Waals surface area contributed by atoms with Crippen LogP contribution in [-0.4, -0.2) is 30.9 Å². The van der Waals surface area contributed by atoms with E-state index >= 15 is 0 Å². The number of carbonyl (C=O) groups excluding carboxylic acids is 2. The molecule has 1 unspecified atom stereocenters. The summed E-state index contributed by atoms with van der Waals surface area (Å²) in [6, 6.07) is 10.8. The summed E-state index contributed by atoms with van der Waals surface area (Å²) >= 11 is 1.39. The zero-order valence-electron chi connectivity index (χ0n) is 12.7. The molecular weight excluding hydrogens is 310 g/mol. The number of piperidine rings is 1. The number of carbonyl (C=O) groups is 2. The first kappa shape index (κ1) is 15.7. The summed E-state index contributed by atoms with van der Waals surface area (Å²) in [5, 5.41) is 11.0. The van der Waals surface area contributed by atoms with Crippen molar-refractivity contribution in [1.82, 2.24) is 10.6 Å². The zero-order valence-corrected chi connectivity index (χ0v) is 13.5. The number of thiophene rings is 1. The minimum atomic E-state index is -0.158. The van der Waals surface area contributed by atoms with Crippen LogP contribution in [0.25, 0.3) is 0 Å².